The van der Waals surface area contributed by atoms with Gasteiger partial charge in [-0.3, -0.25) is 9.59 Å². The molecule has 3 nitrogen and oxygen atoms in total. The number of rotatable bonds is 3. The monoisotopic (exact) mass is 245 g/mol. The highest BCUT2D eigenvalue weighted by molar-refractivity contribution is 5.89. The molecule has 2 unspecified atom stereocenters. The molecule has 2 rings (SSSR count). The summed E-state index contributed by atoms with van der Waals surface area (Å²) >= 11 is 0. The van der Waals surface area contributed by atoms with E-state index in [0.29, 0.717) is 12.8 Å². The first-order chi connectivity index (χ1) is 7.99. The standard InChI is InChI=1S/C12H17F2NO2/c1-15(6-10(13)14)12(17)9-4-7-2-3-8(5-9)11(7)16/h7-10H,2-6H2,1H3. The van der Waals surface area contributed by atoms with Crippen LogP contribution in [0.5, 0.6) is 0 Å². The maximum absolute atomic E-state index is 12.2. The normalized spacial score (nSPS) is 32.0. The number of fused-ring (bicyclic) bond motifs is 2. The zero-order chi connectivity index (χ0) is 12.6. The first kappa shape index (κ1) is 12.5. The molecule has 96 valence electrons. The van der Waals surface area contributed by atoms with E-state index in [4.69, 9.17) is 0 Å². The highest BCUT2D eigenvalue weighted by atomic mass is 19.3. The van der Waals surface area contributed by atoms with Crippen LogP contribution < -0.4 is 0 Å². The number of hydrogen-bond acceptors (Lipinski definition) is 2. The predicted octanol–water partition coefficient (Wildman–Crippen LogP) is 1.72. The Morgan fingerprint density at radius 1 is 1.35 bits per heavy atom. The molecule has 0 aromatic rings. The predicted molar refractivity (Wildman–Crippen MR) is 57.6 cm³/mol. The van der Waals surface area contributed by atoms with Crippen molar-refractivity contribution in [3.8, 4) is 0 Å². The summed E-state index contributed by atoms with van der Waals surface area (Å²) in [5, 5.41) is 0. The molecule has 0 spiro atoms. The lowest BCUT2D eigenvalue weighted by molar-refractivity contribution is -0.140. The van der Waals surface area contributed by atoms with E-state index >= 15 is 0 Å². The Hall–Kier alpha value is -1.00. The van der Waals surface area contributed by atoms with Gasteiger partial charge in [0.25, 0.3) is 6.43 Å². The summed E-state index contributed by atoms with van der Waals surface area (Å²) in [4.78, 5) is 24.7. The van der Waals surface area contributed by atoms with Crippen molar-refractivity contribution < 1.29 is 18.4 Å². The topological polar surface area (TPSA) is 37.4 Å². The van der Waals surface area contributed by atoms with Gasteiger partial charge in [0.05, 0.1) is 6.54 Å². The average molecular weight is 245 g/mol. The van der Waals surface area contributed by atoms with Crippen molar-refractivity contribution in [2.45, 2.75) is 32.1 Å². The van der Waals surface area contributed by atoms with E-state index in [1.54, 1.807) is 0 Å². The highest BCUT2D eigenvalue weighted by Gasteiger charge is 2.44. The summed E-state index contributed by atoms with van der Waals surface area (Å²) in [6.07, 6.45) is 0.354. The SMILES string of the molecule is CN(CC(F)F)C(=O)C1CC2CCC(C1)C2=O. The summed E-state index contributed by atoms with van der Waals surface area (Å²) in [6.45, 7) is -0.515. The van der Waals surface area contributed by atoms with E-state index in [1.165, 1.54) is 7.05 Å². The van der Waals surface area contributed by atoms with Crippen molar-refractivity contribution in [3.05, 3.63) is 0 Å². The minimum absolute atomic E-state index is 0.00245. The van der Waals surface area contributed by atoms with E-state index in [2.05, 4.69) is 0 Å². The Kier molecular flexibility index (Phi) is 3.45. The Morgan fingerprint density at radius 3 is 2.35 bits per heavy atom. The summed E-state index contributed by atoms with van der Waals surface area (Å²) in [6, 6.07) is 0. The quantitative estimate of drug-likeness (QED) is 0.759. The number of carbonyl (C=O) groups is 2. The van der Waals surface area contributed by atoms with Crippen molar-refractivity contribution in [1.29, 1.82) is 0 Å². The fraction of sp³-hybridized carbons (Fsp3) is 0.833. The summed E-state index contributed by atoms with van der Waals surface area (Å²) in [5.74, 6) is -0.167. The van der Waals surface area contributed by atoms with Crippen LogP contribution in [0.25, 0.3) is 0 Å². The van der Waals surface area contributed by atoms with Gasteiger partial charge in [0.2, 0.25) is 5.91 Å². The van der Waals surface area contributed by atoms with Gasteiger partial charge in [-0.05, 0) is 25.7 Å². The lowest BCUT2D eigenvalue weighted by Crippen LogP contribution is -2.40. The molecule has 5 heteroatoms. The molecule has 0 aromatic heterocycles. The van der Waals surface area contributed by atoms with E-state index in [1.807, 2.05) is 0 Å². The molecule has 0 heterocycles. The number of Topliss-reactive ketones (excluding diaryl/α,β-unsaturated/α-hetero) is 1. The lowest BCUT2D eigenvalue weighted by atomic mass is 9.79. The number of halogens is 2. The summed E-state index contributed by atoms with van der Waals surface area (Å²) in [7, 11) is 1.41. The highest BCUT2D eigenvalue weighted by Crippen LogP contribution is 2.42. The van der Waals surface area contributed by atoms with Gasteiger partial charge < -0.3 is 4.90 Å². The molecule has 0 radical (unpaired) electrons. The molecule has 2 aliphatic rings. The second-order valence-electron chi connectivity index (χ2n) is 5.15. The maximum Gasteiger partial charge on any atom is 0.255 e. The van der Waals surface area contributed by atoms with Gasteiger partial charge in [-0.15, -0.1) is 0 Å². The average Bonchev–Trinajstić information content (AvgIpc) is 2.52. The van der Waals surface area contributed by atoms with Gasteiger partial charge in [0.15, 0.2) is 0 Å². The Balaban J connectivity index is 1.95. The van der Waals surface area contributed by atoms with Crippen LogP contribution >= 0.6 is 0 Å². The Morgan fingerprint density at radius 2 is 1.88 bits per heavy atom. The van der Waals surface area contributed by atoms with E-state index in [9.17, 15) is 18.4 Å². The maximum atomic E-state index is 12.2. The van der Waals surface area contributed by atoms with Crippen molar-refractivity contribution >= 4 is 11.7 Å². The minimum atomic E-state index is -2.49. The molecule has 0 aliphatic heterocycles. The van der Waals surface area contributed by atoms with Crippen molar-refractivity contribution in [2.75, 3.05) is 13.6 Å². The van der Waals surface area contributed by atoms with Crippen LogP contribution in [0.15, 0.2) is 0 Å². The number of alkyl halides is 2. The third kappa shape index (κ3) is 2.48. The lowest BCUT2D eigenvalue weighted by Gasteiger charge is -2.29. The van der Waals surface area contributed by atoms with Gasteiger partial charge in [-0.1, -0.05) is 0 Å². The van der Waals surface area contributed by atoms with Crippen LogP contribution in [0, 0.1) is 17.8 Å². The van der Waals surface area contributed by atoms with Crippen LogP contribution in [-0.4, -0.2) is 36.6 Å². The number of hydrogen-bond donors (Lipinski definition) is 0. The fourth-order valence-electron chi connectivity index (χ4n) is 3.08. The molecule has 1 amide bonds. The van der Waals surface area contributed by atoms with E-state index in [-0.39, 0.29) is 29.4 Å². The smallest absolute Gasteiger partial charge is 0.255 e. The van der Waals surface area contributed by atoms with Gasteiger partial charge in [-0.2, -0.15) is 0 Å². The van der Waals surface area contributed by atoms with E-state index in [0.717, 1.165) is 17.7 Å². The largest absolute Gasteiger partial charge is 0.340 e. The first-order valence-corrected chi connectivity index (χ1v) is 6.06. The van der Waals surface area contributed by atoms with Gasteiger partial charge in [0.1, 0.15) is 5.78 Å². The van der Waals surface area contributed by atoms with Gasteiger partial charge in [0, 0.05) is 24.8 Å². The molecule has 0 N–H and O–H groups in total. The minimum Gasteiger partial charge on any atom is -0.340 e. The number of nitrogens with zero attached hydrogens (tertiary/aromatic N) is 1. The number of carbonyl (C=O) groups excluding carboxylic acids is 2. The van der Waals surface area contributed by atoms with E-state index < -0.39 is 13.0 Å². The fourth-order valence-corrected chi connectivity index (χ4v) is 3.08. The third-order valence-corrected chi connectivity index (χ3v) is 3.94. The van der Waals surface area contributed by atoms with Crippen molar-refractivity contribution in [2.24, 2.45) is 17.8 Å². The zero-order valence-corrected chi connectivity index (χ0v) is 9.86. The van der Waals surface area contributed by atoms with Crippen molar-refractivity contribution in [1.82, 2.24) is 4.90 Å². The molecule has 2 atom stereocenters. The summed E-state index contributed by atoms with van der Waals surface area (Å²) in [5.41, 5.74) is 0. The Labute approximate surface area is 99.2 Å². The Bertz CT molecular complexity index is 316. The summed E-state index contributed by atoms with van der Waals surface area (Å²) < 4.78 is 24.4. The number of amides is 1. The second kappa shape index (κ2) is 4.70. The molecular weight excluding hydrogens is 228 g/mol. The van der Waals surface area contributed by atoms with Crippen LogP contribution in [0.2, 0.25) is 0 Å². The van der Waals surface area contributed by atoms with Crippen LogP contribution in [0.1, 0.15) is 25.7 Å². The second-order valence-corrected chi connectivity index (χ2v) is 5.15. The van der Waals surface area contributed by atoms with Crippen molar-refractivity contribution in [3.63, 3.8) is 0 Å². The molecule has 2 aliphatic carbocycles. The molecule has 0 aromatic carbocycles. The third-order valence-electron chi connectivity index (χ3n) is 3.94. The molecule has 2 saturated carbocycles. The van der Waals surface area contributed by atoms with Crippen LogP contribution in [0.3, 0.4) is 0 Å². The molecule has 2 fully saturated rings. The molecular formula is C12H17F2NO2. The van der Waals surface area contributed by atoms with Crippen LogP contribution in [0.4, 0.5) is 8.78 Å². The number of ketones is 1. The van der Waals surface area contributed by atoms with Crippen LogP contribution in [-0.2, 0) is 9.59 Å². The zero-order valence-electron chi connectivity index (χ0n) is 9.86. The molecule has 17 heavy (non-hydrogen) atoms. The van der Waals surface area contributed by atoms with Gasteiger partial charge >= 0.3 is 0 Å². The molecule has 0 saturated heterocycles. The molecule has 2 bridgehead atoms. The van der Waals surface area contributed by atoms with Gasteiger partial charge in [-0.25, -0.2) is 8.78 Å². The first-order valence-electron chi connectivity index (χ1n) is 6.06.